The molecule has 1 N–H and O–H groups in total. The van der Waals surface area contributed by atoms with Crippen molar-refractivity contribution in [3.63, 3.8) is 0 Å². The molecule has 0 amide bonds. The van der Waals surface area contributed by atoms with Gasteiger partial charge in [0.15, 0.2) is 0 Å². The fraction of sp³-hybridized carbons (Fsp3) is 0.368. The molecule has 2 heteroatoms. The summed E-state index contributed by atoms with van der Waals surface area (Å²) in [5, 5.41) is 3.59. The molecular formula is C19H22N2. The Labute approximate surface area is 126 Å². The summed E-state index contributed by atoms with van der Waals surface area (Å²) in [6.07, 6.45) is 3.85. The maximum atomic E-state index is 3.59. The molecule has 0 atom stereocenters. The van der Waals surface area contributed by atoms with Gasteiger partial charge in [-0.15, -0.1) is 0 Å². The highest BCUT2D eigenvalue weighted by molar-refractivity contribution is 5.72. The lowest BCUT2D eigenvalue weighted by molar-refractivity contribution is 0.687. The summed E-state index contributed by atoms with van der Waals surface area (Å²) in [5.41, 5.74) is 6.98. The van der Waals surface area contributed by atoms with E-state index < -0.39 is 0 Å². The highest BCUT2D eigenvalue weighted by atomic mass is 15.2. The minimum Gasteiger partial charge on any atom is -0.341 e. The second-order valence-corrected chi connectivity index (χ2v) is 6.31. The third-order valence-electron chi connectivity index (χ3n) is 4.61. The summed E-state index contributed by atoms with van der Waals surface area (Å²) in [6, 6.07) is 16.5. The van der Waals surface area contributed by atoms with E-state index in [4.69, 9.17) is 0 Å². The maximum Gasteiger partial charge on any atom is 0.0444 e. The molecule has 1 aliphatic carbocycles. The second-order valence-electron chi connectivity index (χ2n) is 6.31. The SMILES string of the molecule is Cc1cc(CNC2CC2)ccc1N1CCc2ccccc21. The lowest BCUT2D eigenvalue weighted by Crippen LogP contribution is -2.17. The molecule has 2 nitrogen and oxygen atoms in total. The number of nitrogens with zero attached hydrogens (tertiary/aromatic N) is 1. The topological polar surface area (TPSA) is 15.3 Å². The molecule has 21 heavy (non-hydrogen) atoms. The highest BCUT2D eigenvalue weighted by Gasteiger charge is 2.22. The number of benzene rings is 2. The Bertz CT molecular complexity index is 658. The Morgan fingerprint density at radius 3 is 2.76 bits per heavy atom. The van der Waals surface area contributed by atoms with Gasteiger partial charge in [-0.1, -0.05) is 30.3 Å². The summed E-state index contributed by atoms with van der Waals surface area (Å²) >= 11 is 0. The predicted octanol–water partition coefficient (Wildman–Crippen LogP) is 3.94. The Hall–Kier alpha value is -1.80. The van der Waals surface area contributed by atoms with E-state index >= 15 is 0 Å². The highest BCUT2D eigenvalue weighted by Crippen LogP contribution is 2.36. The van der Waals surface area contributed by atoms with E-state index in [-0.39, 0.29) is 0 Å². The molecule has 0 bridgehead atoms. The van der Waals surface area contributed by atoms with Crippen molar-refractivity contribution in [2.24, 2.45) is 0 Å². The van der Waals surface area contributed by atoms with Crippen LogP contribution >= 0.6 is 0 Å². The van der Waals surface area contributed by atoms with Crippen LogP contribution in [0, 0.1) is 6.92 Å². The minimum atomic E-state index is 0.774. The Morgan fingerprint density at radius 2 is 1.95 bits per heavy atom. The number of para-hydroxylation sites is 1. The van der Waals surface area contributed by atoms with Crippen molar-refractivity contribution in [2.75, 3.05) is 11.4 Å². The van der Waals surface area contributed by atoms with Crippen molar-refractivity contribution < 1.29 is 0 Å². The molecule has 1 saturated carbocycles. The summed E-state index contributed by atoms with van der Waals surface area (Å²) in [7, 11) is 0. The van der Waals surface area contributed by atoms with Gasteiger partial charge >= 0.3 is 0 Å². The number of hydrogen-bond donors (Lipinski definition) is 1. The first-order chi connectivity index (χ1) is 10.3. The lowest BCUT2D eigenvalue weighted by Gasteiger charge is -2.22. The molecule has 0 radical (unpaired) electrons. The molecule has 0 spiro atoms. The van der Waals surface area contributed by atoms with Gasteiger partial charge in [0.05, 0.1) is 0 Å². The van der Waals surface area contributed by atoms with Gasteiger partial charge in [0, 0.05) is 30.5 Å². The van der Waals surface area contributed by atoms with Crippen LogP contribution in [0.25, 0.3) is 0 Å². The van der Waals surface area contributed by atoms with Crippen LogP contribution in [0.3, 0.4) is 0 Å². The lowest BCUT2D eigenvalue weighted by atomic mass is 10.1. The van der Waals surface area contributed by atoms with Crippen LogP contribution in [0.2, 0.25) is 0 Å². The van der Waals surface area contributed by atoms with E-state index in [1.807, 2.05) is 0 Å². The Kier molecular flexibility index (Phi) is 3.19. The first-order valence-corrected chi connectivity index (χ1v) is 7.99. The van der Waals surface area contributed by atoms with Crippen LogP contribution in [0.5, 0.6) is 0 Å². The number of hydrogen-bond acceptors (Lipinski definition) is 2. The first kappa shape index (κ1) is 12.9. The summed E-state index contributed by atoms with van der Waals surface area (Å²) in [6.45, 7) is 4.33. The first-order valence-electron chi connectivity index (χ1n) is 7.99. The van der Waals surface area contributed by atoms with Gasteiger partial charge in [0.25, 0.3) is 0 Å². The van der Waals surface area contributed by atoms with Crippen molar-refractivity contribution in [3.8, 4) is 0 Å². The zero-order valence-corrected chi connectivity index (χ0v) is 12.6. The van der Waals surface area contributed by atoms with Crippen LogP contribution in [0.15, 0.2) is 42.5 Å². The van der Waals surface area contributed by atoms with E-state index in [0.717, 1.165) is 25.6 Å². The van der Waals surface area contributed by atoms with Crippen LogP contribution in [0.1, 0.15) is 29.5 Å². The van der Waals surface area contributed by atoms with Gasteiger partial charge < -0.3 is 10.2 Å². The van der Waals surface area contributed by atoms with Gasteiger partial charge in [-0.05, 0) is 55.0 Å². The molecule has 1 aliphatic heterocycles. The molecule has 4 rings (SSSR count). The third kappa shape index (κ3) is 2.56. The van der Waals surface area contributed by atoms with Gasteiger partial charge in [0.1, 0.15) is 0 Å². The molecule has 0 unspecified atom stereocenters. The van der Waals surface area contributed by atoms with E-state index in [1.165, 1.54) is 40.9 Å². The molecule has 2 aromatic rings. The Morgan fingerprint density at radius 1 is 1.10 bits per heavy atom. The van der Waals surface area contributed by atoms with Gasteiger partial charge in [-0.3, -0.25) is 0 Å². The zero-order valence-electron chi connectivity index (χ0n) is 12.6. The van der Waals surface area contributed by atoms with Gasteiger partial charge in [-0.25, -0.2) is 0 Å². The van der Waals surface area contributed by atoms with Crippen LogP contribution < -0.4 is 10.2 Å². The van der Waals surface area contributed by atoms with Crippen LogP contribution in [-0.4, -0.2) is 12.6 Å². The summed E-state index contributed by atoms with van der Waals surface area (Å²) < 4.78 is 0. The van der Waals surface area contributed by atoms with E-state index in [9.17, 15) is 0 Å². The smallest absolute Gasteiger partial charge is 0.0444 e. The molecule has 1 heterocycles. The average molecular weight is 278 g/mol. The molecule has 0 aromatic heterocycles. The molecule has 1 fully saturated rings. The quantitative estimate of drug-likeness (QED) is 0.911. The van der Waals surface area contributed by atoms with Crippen LogP contribution in [-0.2, 0) is 13.0 Å². The maximum absolute atomic E-state index is 3.59. The average Bonchev–Trinajstić information content (AvgIpc) is 3.24. The van der Waals surface area contributed by atoms with Crippen molar-refractivity contribution in [3.05, 3.63) is 59.2 Å². The molecule has 108 valence electrons. The Balaban J connectivity index is 1.58. The molecular weight excluding hydrogens is 256 g/mol. The number of aryl methyl sites for hydroxylation is 1. The van der Waals surface area contributed by atoms with E-state index in [2.05, 4.69) is 59.6 Å². The standard InChI is InChI=1S/C19H22N2/c1-14-12-15(13-20-17-7-8-17)6-9-18(14)21-11-10-16-4-2-3-5-19(16)21/h2-6,9,12,17,20H,7-8,10-11,13H2,1H3. The van der Waals surface area contributed by atoms with Crippen molar-refractivity contribution >= 4 is 11.4 Å². The van der Waals surface area contributed by atoms with Gasteiger partial charge in [0.2, 0.25) is 0 Å². The van der Waals surface area contributed by atoms with Gasteiger partial charge in [-0.2, -0.15) is 0 Å². The fourth-order valence-electron chi connectivity index (χ4n) is 3.27. The minimum absolute atomic E-state index is 0.774. The third-order valence-corrected chi connectivity index (χ3v) is 4.61. The molecule has 2 aromatic carbocycles. The monoisotopic (exact) mass is 278 g/mol. The van der Waals surface area contributed by atoms with E-state index in [0.29, 0.717) is 0 Å². The van der Waals surface area contributed by atoms with Crippen molar-refractivity contribution in [1.29, 1.82) is 0 Å². The zero-order chi connectivity index (χ0) is 14.2. The van der Waals surface area contributed by atoms with Crippen molar-refractivity contribution in [2.45, 2.75) is 38.8 Å². The fourth-order valence-corrected chi connectivity index (χ4v) is 3.27. The number of fused-ring (bicyclic) bond motifs is 1. The largest absolute Gasteiger partial charge is 0.341 e. The molecule has 2 aliphatic rings. The van der Waals surface area contributed by atoms with Crippen LogP contribution in [0.4, 0.5) is 11.4 Å². The predicted molar refractivity (Wildman–Crippen MR) is 88.2 cm³/mol. The summed E-state index contributed by atoms with van der Waals surface area (Å²) in [5.74, 6) is 0. The van der Waals surface area contributed by atoms with Crippen molar-refractivity contribution in [1.82, 2.24) is 5.32 Å². The number of nitrogens with one attached hydrogen (secondary N) is 1. The molecule has 0 saturated heterocycles. The normalized spacial score (nSPS) is 17.1. The number of anilines is 2. The summed E-state index contributed by atoms with van der Waals surface area (Å²) in [4.78, 5) is 2.46. The number of rotatable bonds is 4. The second kappa shape index (κ2) is 5.19. The van der Waals surface area contributed by atoms with E-state index in [1.54, 1.807) is 0 Å².